The van der Waals surface area contributed by atoms with Gasteiger partial charge in [-0.25, -0.2) is 9.97 Å². The third kappa shape index (κ3) is 2.61. The molecule has 1 aliphatic rings. The normalized spacial score (nSPS) is 15.3. The molecule has 0 bridgehead atoms. The number of anilines is 1. The molecule has 3 heterocycles. The highest BCUT2D eigenvalue weighted by molar-refractivity contribution is 5.34. The number of rotatable bonds is 3. The van der Waals surface area contributed by atoms with E-state index in [1.807, 2.05) is 26.2 Å². The van der Waals surface area contributed by atoms with Gasteiger partial charge in [-0.1, -0.05) is 6.07 Å². The fraction of sp³-hybridized carbons (Fsp3) is 0.429. The first-order valence-electron chi connectivity index (χ1n) is 6.64. The van der Waals surface area contributed by atoms with Crippen molar-refractivity contribution in [3.8, 4) is 0 Å². The number of nitrogens with zero attached hydrogens (tertiary/aromatic N) is 3. The smallest absolute Gasteiger partial charge is 0.125 e. The summed E-state index contributed by atoms with van der Waals surface area (Å²) in [4.78, 5) is 14.6. The molecule has 0 amide bonds. The highest BCUT2D eigenvalue weighted by Gasteiger charge is 2.19. The lowest BCUT2D eigenvalue weighted by molar-refractivity contribution is 0.241. The molecule has 0 spiro atoms. The molecule has 0 fully saturated rings. The van der Waals surface area contributed by atoms with Gasteiger partial charge in [0.1, 0.15) is 11.6 Å². The molecule has 0 unspecified atom stereocenters. The average Bonchev–Trinajstić information content (AvgIpc) is 2.79. The summed E-state index contributed by atoms with van der Waals surface area (Å²) in [6.45, 7) is 4.96. The van der Waals surface area contributed by atoms with Gasteiger partial charge in [0.2, 0.25) is 0 Å². The van der Waals surface area contributed by atoms with Gasteiger partial charge in [0.05, 0.1) is 11.4 Å². The molecule has 5 nitrogen and oxygen atoms in total. The topological polar surface area (TPSA) is 56.8 Å². The fourth-order valence-electron chi connectivity index (χ4n) is 2.55. The Hall–Kier alpha value is -1.88. The van der Waals surface area contributed by atoms with Gasteiger partial charge >= 0.3 is 0 Å². The second-order valence-electron chi connectivity index (χ2n) is 5.01. The monoisotopic (exact) mass is 257 g/mol. The Morgan fingerprint density at radius 1 is 1.42 bits per heavy atom. The van der Waals surface area contributed by atoms with E-state index in [2.05, 4.69) is 31.2 Å². The Kier molecular flexibility index (Phi) is 3.21. The zero-order valence-corrected chi connectivity index (χ0v) is 11.4. The van der Waals surface area contributed by atoms with E-state index in [0.717, 1.165) is 37.7 Å². The van der Waals surface area contributed by atoms with Crippen LogP contribution in [0.2, 0.25) is 0 Å². The van der Waals surface area contributed by atoms with Crippen LogP contribution in [0.25, 0.3) is 0 Å². The maximum Gasteiger partial charge on any atom is 0.125 e. The highest BCUT2D eigenvalue weighted by Crippen LogP contribution is 2.18. The second kappa shape index (κ2) is 5.01. The average molecular weight is 257 g/mol. The molecule has 1 aliphatic heterocycles. The quantitative estimate of drug-likeness (QED) is 0.879. The number of nitrogens with one attached hydrogen (secondary N) is 2. The lowest BCUT2D eigenvalue weighted by Gasteiger charge is -2.25. The van der Waals surface area contributed by atoms with Crippen molar-refractivity contribution in [3.05, 3.63) is 41.1 Å². The van der Waals surface area contributed by atoms with Crippen LogP contribution in [0.3, 0.4) is 0 Å². The molecule has 19 heavy (non-hydrogen) atoms. The van der Waals surface area contributed by atoms with E-state index in [0.29, 0.717) is 0 Å². The zero-order chi connectivity index (χ0) is 13.2. The Bertz CT molecular complexity index is 558. The van der Waals surface area contributed by atoms with E-state index in [4.69, 9.17) is 0 Å². The first-order chi connectivity index (χ1) is 9.24. The third-order valence-corrected chi connectivity index (χ3v) is 3.52. The number of hydrogen-bond acceptors (Lipinski definition) is 4. The van der Waals surface area contributed by atoms with E-state index >= 15 is 0 Å². The van der Waals surface area contributed by atoms with Gasteiger partial charge in [-0.2, -0.15) is 0 Å². The summed E-state index contributed by atoms with van der Waals surface area (Å²) in [7, 11) is 1.88. The van der Waals surface area contributed by atoms with Crippen LogP contribution in [-0.4, -0.2) is 33.4 Å². The molecule has 0 saturated carbocycles. The van der Waals surface area contributed by atoms with Gasteiger partial charge in [0.15, 0.2) is 0 Å². The van der Waals surface area contributed by atoms with Crippen molar-refractivity contribution in [2.75, 3.05) is 18.9 Å². The SMILES string of the molecule is CNc1ccc(CN2CCc3nc(C)[nH]c3C2)cn1. The Labute approximate surface area is 113 Å². The molecule has 5 heteroatoms. The summed E-state index contributed by atoms with van der Waals surface area (Å²) in [6, 6.07) is 4.15. The van der Waals surface area contributed by atoms with Crippen molar-refractivity contribution in [2.24, 2.45) is 0 Å². The molecule has 2 aromatic rings. The molecular weight excluding hydrogens is 238 g/mol. The highest BCUT2D eigenvalue weighted by atomic mass is 15.2. The van der Waals surface area contributed by atoms with Crippen LogP contribution in [0.1, 0.15) is 22.8 Å². The van der Waals surface area contributed by atoms with Crippen molar-refractivity contribution < 1.29 is 0 Å². The summed E-state index contributed by atoms with van der Waals surface area (Å²) >= 11 is 0. The summed E-state index contributed by atoms with van der Waals surface area (Å²) < 4.78 is 0. The number of aryl methyl sites for hydroxylation is 1. The van der Waals surface area contributed by atoms with Gasteiger partial charge in [0.25, 0.3) is 0 Å². The molecule has 2 N–H and O–H groups in total. The molecule has 100 valence electrons. The van der Waals surface area contributed by atoms with Crippen LogP contribution in [0, 0.1) is 6.92 Å². The van der Waals surface area contributed by atoms with Gasteiger partial charge in [-0.3, -0.25) is 4.90 Å². The number of hydrogen-bond donors (Lipinski definition) is 2. The number of pyridine rings is 1. The van der Waals surface area contributed by atoms with Crippen LogP contribution in [0.15, 0.2) is 18.3 Å². The molecule has 0 atom stereocenters. The number of aromatic nitrogens is 3. The van der Waals surface area contributed by atoms with Crippen LogP contribution in [0.5, 0.6) is 0 Å². The lowest BCUT2D eigenvalue weighted by atomic mass is 10.1. The van der Waals surface area contributed by atoms with Crippen molar-refractivity contribution >= 4 is 5.82 Å². The number of aromatic amines is 1. The molecule has 2 aromatic heterocycles. The van der Waals surface area contributed by atoms with Gasteiger partial charge in [-0.15, -0.1) is 0 Å². The van der Waals surface area contributed by atoms with Gasteiger partial charge in [0, 0.05) is 39.3 Å². The van der Waals surface area contributed by atoms with Crippen LogP contribution in [-0.2, 0) is 19.5 Å². The Morgan fingerprint density at radius 3 is 3.05 bits per heavy atom. The number of fused-ring (bicyclic) bond motifs is 1. The lowest BCUT2D eigenvalue weighted by Crippen LogP contribution is -2.30. The predicted octanol–water partition coefficient (Wildman–Crippen LogP) is 1.71. The minimum Gasteiger partial charge on any atom is -0.373 e. The van der Waals surface area contributed by atoms with E-state index in [1.54, 1.807) is 0 Å². The van der Waals surface area contributed by atoms with Gasteiger partial charge in [-0.05, 0) is 18.6 Å². The number of imidazole rings is 1. The third-order valence-electron chi connectivity index (χ3n) is 3.52. The predicted molar refractivity (Wildman–Crippen MR) is 74.9 cm³/mol. The molecule has 0 aromatic carbocycles. The van der Waals surface area contributed by atoms with Gasteiger partial charge < -0.3 is 10.3 Å². The number of H-pyrrole nitrogens is 1. The van der Waals surface area contributed by atoms with E-state index in [-0.39, 0.29) is 0 Å². The first kappa shape index (κ1) is 12.2. The first-order valence-corrected chi connectivity index (χ1v) is 6.64. The molecule has 0 radical (unpaired) electrons. The van der Waals surface area contributed by atoms with Crippen molar-refractivity contribution in [3.63, 3.8) is 0 Å². The second-order valence-corrected chi connectivity index (χ2v) is 5.01. The summed E-state index contributed by atoms with van der Waals surface area (Å²) in [6.07, 6.45) is 2.97. The van der Waals surface area contributed by atoms with Crippen LogP contribution >= 0.6 is 0 Å². The van der Waals surface area contributed by atoms with E-state index in [9.17, 15) is 0 Å². The molecule has 3 rings (SSSR count). The zero-order valence-electron chi connectivity index (χ0n) is 11.4. The molecule has 0 aliphatic carbocycles. The minimum atomic E-state index is 0.911. The Balaban J connectivity index is 1.68. The fourth-order valence-corrected chi connectivity index (χ4v) is 2.55. The Morgan fingerprint density at radius 2 is 2.32 bits per heavy atom. The minimum absolute atomic E-state index is 0.911. The van der Waals surface area contributed by atoms with Crippen LogP contribution < -0.4 is 5.32 Å². The molecule has 0 saturated heterocycles. The maximum atomic E-state index is 4.51. The van der Waals surface area contributed by atoms with Crippen molar-refractivity contribution in [1.82, 2.24) is 19.9 Å². The standard InChI is InChI=1S/C14H19N5/c1-10-17-12-5-6-19(9-13(12)18-10)8-11-3-4-14(15-2)16-7-11/h3-4,7H,5-6,8-9H2,1-2H3,(H,15,16)(H,17,18). The van der Waals surface area contributed by atoms with Crippen molar-refractivity contribution in [2.45, 2.75) is 26.4 Å². The summed E-state index contributed by atoms with van der Waals surface area (Å²) in [5, 5.41) is 3.04. The van der Waals surface area contributed by atoms with E-state index in [1.165, 1.54) is 17.0 Å². The maximum absolute atomic E-state index is 4.51. The largest absolute Gasteiger partial charge is 0.373 e. The summed E-state index contributed by atoms with van der Waals surface area (Å²) in [5.74, 6) is 1.93. The van der Waals surface area contributed by atoms with Crippen LogP contribution in [0.4, 0.5) is 5.82 Å². The van der Waals surface area contributed by atoms with Crippen molar-refractivity contribution in [1.29, 1.82) is 0 Å². The van der Waals surface area contributed by atoms with E-state index < -0.39 is 0 Å². The molecular formula is C14H19N5. The summed E-state index contributed by atoms with van der Waals surface area (Å²) in [5.41, 5.74) is 3.75.